The van der Waals surface area contributed by atoms with Crippen LogP contribution in [0.4, 0.5) is 0 Å². The van der Waals surface area contributed by atoms with Crippen LogP contribution in [0.2, 0.25) is 0 Å². The number of carbonyl (C=O) groups excluding carboxylic acids is 4. The summed E-state index contributed by atoms with van der Waals surface area (Å²) < 4.78 is 1.49. The zero-order valence-electron chi connectivity index (χ0n) is 20.6. The third kappa shape index (κ3) is 6.74. The number of para-hydroxylation sites is 1. The van der Waals surface area contributed by atoms with Crippen LogP contribution in [0.25, 0.3) is 10.9 Å². The van der Waals surface area contributed by atoms with Crippen molar-refractivity contribution in [3.63, 3.8) is 0 Å². The number of benzene rings is 1. The van der Waals surface area contributed by atoms with E-state index >= 15 is 0 Å². The maximum atomic E-state index is 12.9. The van der Waals surface area contributed by atoms with Gasteiger partial charge in [-0.3, -0.25) is 19.0 Å². The molecule has 0 saturated carbocycles. The zero-order valence-corrected chi connectivity index (χ0v) is 20.6. The lowest BCUT2D eigenvalue weighted by atomic mass is 10.00. The average molecular weight is 472 g/mol. The monoisotopic (exact) mass is 471 g/mol. The van der Waals surface area contributed by atoms with Crippen LogP contribution in [0.3, 0.4) is 0 Å². The van der Waals surface area contributed by atoms with E-state index in [1.54, 1.807) is 13.1 Å². The van der Waals surface area contributed by atoms with Gasteiger partial charge in [-0.1, -0.05) is 45.9 Å². The van der Waals surface area contributed by atoms with Crippen LogP contribution in [-0.2, 0) is 20.8 Å². The largest absolute Gasteiger partial charge is 0.345 e. The van der Waals surface area contributed by atoms with E-state index in [0.29, 0.717) is 18.2 Å². The summed E-state index contributed by atoms with van der Waals surface area (Å²) >= 11 is 0. The summed E-state index contributed by atoms with van der Waals surface area (Å²) in [5.74, 6) is -1.11. The molecule has 186 valence electrons. The van der Waals surface area contributed by atoms with Crippen LogP contribution in [0.1, 0.15) is 51.4 Å². The predicted octanol–water partition coefficient (Wildman–Crippen LogP) is 1.37. The standard InChI is InChI=1S/C25H37N5O4/c1-14(2)10-20(24(33)29-21(13-31)15(3)4)28-23(32)19(27)11-17-12-30(25(34)16(5)26)22-9-7-6-8-18(17)22/h6-9,12-16,19-21H,10-11,26-27H2,1-5H3,(H,28,32)(H,29,33)/t16-,19-,20-,21+/m0/s1. The predicted molar refractivity (Wildman–Crippen MR) is 132 cm³/mol. The number of fused-ring (bicyclic) bond motifs is 1. The maximum absolute atomic E-state index is 12.9. The van der Waals surface area contributed by atoms with Gasteiger partial charge in [-0.15, -0.1) is 0 Å². The molecular formula is C25H37N5O4. The Morgan fingerprint density at radius 3 is 2.21 bits per heavy atom. The van der Waals surface area contributed by atoms with Gasteiger partial charge in [0.25, 0.3) is 0 Å². The van der Waals surface area contributed by atoms with Crippen LogP contribution in [0.5, 0.6) is 0 Å². The second-order valence-corrected chi connectivity index (χ2v) is 9.58. The number of nitrogens with one attached hydrogen (secondary N) is 2. The maximum Gasteiger partial charge on any atom is 0.247 e. The van der Waals surface area contributed by atoms with Gasteiger partial charge in [0.05, 0.1) is 23.6 Å². The summed E-state index contributed by atoms with van der Waals surface area (Å²) in [6, 6.07) is 4.26. The molecule has 0 spiro atoms. The molecule has 9 heteroatoms. The Balaban J connectivity index is 2.20. The molecule has 34 heavy (non-hydrogen) atoms. The fourth-order valence-electron chi connectivity index (χ4n) is 3.75. The van der Waals surface area contributed by atoms with Gasteiger partial charge < -0.3 is 26.9 Å². The highest BCUT2D eigenvalue weighted by Crippen LogP contribution is 2.23. The fraction of sp³-hybridized carbons (Fsp3) is 0.520. The highest BCUT2D eigenvalue weighted by atomic mass is 16.2. The molecule has 0 unspecified atom stereocenters. The van der Waals surface area contributed by atoms with Crippen LogP contribution in [0, 0.1) is 11.8 Å². The Morgan fingerprint density at radius 1 is 1.00 bits per heavy atom. The highest BCUT2D eigenvalue weighted by molar-refractivity contribution is 5.97. The molecule has 6 N–H and O–H groups in total. The van der Waals surface area contributed by atoms with Gasteiger partial charge in [-0.2, -0.15) is 0 Å². The van der Waals surface area contributed by atoms with Crippen LogP contribution < -0.4 is 22.1 Å². The Labute approximate surface area is 200 Å². The number of aldehydes is 1. The summed E-state index contributed by atoms with van der Waals surface area (Å²) in [5.41, 5.74) is 13.4. The normalized spacial score (nSPS) is 15.1. The van der Waals surface area contributed by atoms with E-state index in [1.807, 2.05) is 52.0 Å². The molecule has 9 nitrogen and oxygen atoms in total. The first-order valence-electron chi connectivity index (χ1n) is 11.7. The first-order chi connectivity index (χ1) is 16.0. The van der Waals surface area contributed by atoms with Crippen molar-refractivity contribution in [3.8, 4) is 0 Å². The van der Waals surface area contributed by atoms with Crippen LogP contribution in [0.15, 0.2) is 30.5 Å². The highest BCUT2D eigenvalue weighted by Gasteiger charge is 2.28. The summed E-state index contributed by atoms with van der Waals surface area (Å²) in [7, 11) is 0. The molecule has 0 saturated heterocycles. The number of amides is 2. The molecule has 2 rings (SSSR count). The van der Waals surface area contributed by atoms with E-state index < -0.39 is 36.0 Å². The topological polar surface area (TPSA) is 149 Å². The second kappa shape index (κ2) is 11.9. The Bertz CT molecular complexity index is 1030. The van der Waals surface area contributed by atoms with Gasteiger partial charge in [0, 0.05) is 11.6 Å². The minimum Gasteiger partial charge on any atom is -0.345 e. The van der Waals surface area contributed by atoms with E-state index in [1.165, 1.54) is 4.57 Å². The van der Waals surface area contributed by atoms with Gasteiger partial charge in [0.1, 0.15) is 12.3 Å². The molecule has 0 fully saturated rings. The first kappa shape index (κ1) is 27.2. The lowest BCUT2D eigenvalue weighted by Gasteiger charge is -2.24. The number of nitrogens with zero attached hydrogens (tertiary/aromatic N) is 1. The van der Waals surface area contributed by atoms with E-state index in [-0.39, 0.29) is 24.2 Å². The van der Waals surface area contributed by atoms with Crippen molar-refractivity contribution in [2.24, 2.45) is 23.3 Å². The van der Waals surface area contributed by atoms with Crippen molar-refractivity contribution in [1.29, 1.82) is 0 Å². The molecule has 2 aromatic rings. The van der Waals surface area contributed by atoms with Crippen molar-refractivity contribution in [2.45, 2.75) is 71.6 Å². The lowest BCUT2D eigenvalue weighted by Crippen LogP contribution is -2.55. The van der Waals surface area contributed by atoms with Crippen LogP contribution in [-0.4, -0.2) is 52.7 Å². The van der Waals surface area contributed by atoms with Crippen molar-refractivity contribution in [1.82, 2.24) is 15.2 Å². The molecule has 0 radical (unpaired) electrons. The molecule has 1 heterocycles. The van der Waals surface area contributed by atoms with E-state index in [0.717, 1.165) is 10.9 Å². The number of carbonyl (C=O) groups is 4. The van der Waals surface area contributed by atoms with Crippen molar-refractivity contribution in [2.75, 3.05) is 0 Å². The Hall–Kier alpha value is -3.04. The van der Waals surface area contributed by atoms with Crippen molar-refractivity contribution >= 4 is 34.9 Å². The SMILES string of the molecule is CC(C)C[C@H](NC(=O)[C@@H](N)Cc1cn(C(=O)[C@H](C)N)c2ccccc12)C(=O)N[C@H](C=O)C(C)C. The molecule has 1 aromatic carbocycles. The Kier molecular flexibility index (Phi) is 9.52. The lowest BCUT2D eigenvalue weighted by molar-refractivity contribution is -0.131. The third-order valence-corrected chi connectivity index (χ3v) is 5.71. The summed E-state index contributed by atoms with van der Waals surface area (Å²) in [4.78, 5) is 49.6. The molecule has 1 aromatic heterocycles. The fourth-order valence-corrected chi connectivity index (χ4v) is 3.75. The summed E-state index contributed by atoms with van der Waals surface area (Å²) in [6.07, 6.45) is 2.93. The van der Waals surface area contributed by atoms with Gasteiger partial charge in [-0.05, 0) is 43.2 Å². The van der Waals surface area contributed by atoms with E-state index in [9.17, 15) is 19.2 Å². The van der Waals surface area contributed by atoms with Crippen molar-refractivity contribution < 1.29 is 19.2 Å². The van der Waals surface area contributed by atoms with Gasteiger partial charge in [-0.25, -0.2) is 0 Å². The molecular weight excluding hydrogens is 434 g/mol. The minimum atomic E-state index is -0.945. The molecule has 0 bridgehead atoms. The number of hydrogen-bond donors (Lipinski definition) is 4. The smallest absolute Gasteiger partial charge is 0.247 e. The van der Waals surface area contributed by atoms with Gasteiger partial charge in [0.2, 0.25) is 17.7 Å². The van der Waals surface area contributed by atoms with Crippen LogP contribution >= 0.6 is 0 Å². The molecule has 0 aliphatic rings. The quantitative estimate of drug-likeness (QED) is 0.364. The molecule has 2 amide bonds. The van der Waals surface area contributed by atoms with E-state index in [2.05, 4.69) is 10.6 Å². The summed E-state index contributed by atoms with van der Waals surface area (Å²) in [5, 5.41) is 6.26. The molecule has 4 atom stereocenters. The molecule has 0 aliphatic heterocycles. The molecule has 0 aliphatic carbocycles. The first-order valence-corrected chi connectivity index (χ1v) is 11.7. The van der Waals surface area contributed by atoms with E-state index in [4.69, 9.17) is 11.5 Å². The van der Waals surface area contributed by atoms with Gasteiger partial charge in [0.15, 0.2) is 0 Å². The second-order valence-electron chi connectivity index (χ2n) is 9.58. The third-order valence-electron chi connectivity index (χ3n) is 5.71. The number of aromatic nitrogens is 1. The van der Waals surface area contributed by atoms with Gasteiger partial charge >= 0.3 is 0 Å². The number of nitrogens with two attached hydrogens (primary N) is 2. The average Bonchev–Trinajstić information content (AvgIpc) is 3.13. The number of hydrogen-bond acceptors (Lipinski definition) is 6. The summed E-state index contributed by atoms with van der Waals surface area (Å²) in [6.45, 7) is 9.16. The van der Waals surface area contributed by atoms with Crippen molar-refractivity contribution in [3.05, 3.63) is 36.0 Å². The Morgan fingerprint density at radius 2 is 1.65 bits per heavy atom. The minimum absolute atomic E-state index is 0.0737. The zero-order chi connectivity index (χ0) is 25.6. The number of rotatable bonds is 11.